The molecule has 3 nitrogen and oxygen atoms in total. The summed E-state index contributed by atoms with van der Waals surface area (Å²) in [5.41, 5.74) is 7.35. The molecule has 1 aromatic heterocycles. The molecule has 0 aliphatic rings. The lowest BCUT2D eigenvalue weighted by Gasteiger charge is -2.09. The van der Waals surface area contributed by atoms with E-state index in [1.54, 1.807) is 7.05 Å². The number of nitrogens with one attached hydrogen (secondary N) is 1. The van der Waals surface area contributed by atoms with Crippen molar-refractivity contribution in [1.29, 1.82) is 0 Å². The van der Waals surface area contributed by atoms with Gasteiger partial charge in [-0.2, -0.15) is 0 Å². The topological polar surface area (TPSA) is 50.9 Å². The van der Waals surface area contributed by atoms with E-state index in [1.807, 2.05) is 0 Å². The molecule has 0 bridgehead atoms. The van der Waals surface area contributed by atoms with Gasteiger partial charge in [0.15, 0.2) is 0 Å². The summed E-state index contributed by atoms with van der Waals surface area (Å²) in [5, 5.41) is 3.77. The van der Waals surface area contributed by atoms with Crippen LogP contribution in [0, 0.1) is 5.82 Å². The van der Waals surface area contributed by atoms with Crippen molar-refractivity contribution < 1.29 is 4.39 Å². The molecule has 0 saturated heterocycles. The zero-order valence-electron chi connectivity index (χ0n) is 8.01. The van der Waals surface area contributed by atoms with Gasteiger partial charge in [0.2, 0.25) is 0 Å². The highest BCUT2D eigenvalue weighted by molar-refractivity contribution is 6.35. The number of benzene rings is 1. The fraction of sp³-hybridized carbons (Fsp3) is 0.100. The molecule has 0 amide bonds. The van der Waals surface area contributed by atoms with Crippen molar-refractivity contribution in [3.05, 3.63) is 29.2 Å². The maximum Gasteiger partial charge on any atom is 0.125 e. The highest BCUT2D eigenvalue weighted by atomic mass is 35.5. The molecule has 78 valence electrons. The highest BCUT2D eigenvalue weighted by Crippen LogP contribution is 2.31. The van der Waals surface area contributed by atoms with E-state index in [0.717, 1.165) is 0 Å². The molecule has 0 spiro atoms. The summed E-state index contributed by atoms with van der Waals surface area (Å²) in [7, 11) is 1.71. The number of nitrogens with zero attached hydrogens (tertiary/aromatic N) is 1. The highest BCUT2D eigenvalue weighted by Gasteiger charge is 2.09. The van der Waals surface area contributed by atoms with E-state index in [-0.39, 0.29) is 5.02 Å². The van der Waals surface area contributed by atoms with E-state index in [4.69, 9.17) is 17.3 Å². The third-order valence-electron chi connectivity index (χ3n) is 2.17. The summed E-state index contributed by atoms with van der Waals surface area (Å²) in [6.07, 6.45) is 1.50. The van der Waals surface area contributed by atoms with Crippen LogP contribution >= 0.6 is 11.6 Å². The second-order valence-corrected chi connectivity index (χ2v) is 3.53. The van der Waals surface area contributed by atoms with Gasteiger partial charge in [0.05, 0.1) is 28.1 Å². The molecular weight excluding hydrogens is 217 g/mol. The van der Waals surface area contributed by atoms with E-state index < -0.39 is 5.82 Å². The fourth-order valence-corrected chi connectivity index (χ4v) is 1.78. The zero-order chi connectivity index (χ0) is 11.0. The zero-order valence-corrected chi connectivity index (χ0v) is 8.77. The third-order valence-corrected chi connectivity index (χ3v) is 2.46. The van der Waals surface area contributed by atoms with Crippen LogP contribution < -0.4 is 11.1 Å². The van der Waals surface area contributed by atoms with Crippen LogP contribution in [0.5, 0.6) is 0 Å². The molecule has 0 saturated carbocycles. The van der Waals surface area contributed by atoms with Crippen LogP contribution in [0.15, 0.2) is 18.3 Å². The number of rotatable bonds is 1. The van der Waals surface area contributed by atoms with Crippen LogP contribution in [0.4, 0.5) is 15.8 Å². The number of nitrogen functional groups attached to an aromatic ring is 1. The van der Waals surface area contributed by atoms with Gasteiger partial charge in [-0.05, 0) is 12.1 Å². The number of fused-ring (bicyclic) bond motifs is 1. The predicted molar refractivity (Wildman–Crippen MR) is 60.7 cm³/mol. The van der Waals surface area contributed by atoms with E-state index in [1.165, 1.54) is 18.3 Å². The van der Waals surface area contributed by atoms with E-state index in [2.05, 4.69) is 10.3 Å². The number of halogens is 2. The third kappa shape index (κ3) is 1.57. The maximum absolute atomic E-state index is 13.2. The molecule has 0 atom stereocenters. The lowest BCUT2D eigenvalue weighted by molar-refractivity contribution is 0.629. The van der Waals surface area contributed by atoms with Gasteiger partial charge >= 0.3 is 0 Å². The van der Waals surface area contributed by atoms with E-state index in [9.17, 15) is 4.39 Å². The Morgan fingerprint density at radius 1 is 1.47 bits per heavy atom. The number of hydrogen-bond donors (Lipinski definition) is 2. The van der Waals surface area contributed by atoms with Gasteiger partial charge in [0.25, 0.3) is 0 Å². The fourth-order valence-electron chi connectivity index (χ4n) is 1.52. The Morgan fingerprint density at radius 3 is 2.87 bits per heavy atom. The van der Waals surface area contributed by atoms with E-state index >= 15 is 0 Å². The first-order valence-electron chi connectivity index (χ1n) is 4.34. The average molecular weight is 226 g/mol. The van der Waals surface area contributed by atoms with E-state index in [0.29, 0.717) is 22.3 Å². The van der Waals surface area contributed by atoms with Crippen molar-refractivity contribution in [2.75, 3.05) is 18.1 Å². The van der Waals surface area contributed by atoms with Crippen molar-refractivity contribution in [2.45, 2.75) is 0 Å². The summed E-state index contributed by atoms with van der Waals surface area (Å²) in [4.78, 5) is 4.07. The molecule has 15 heavy (non-hydrogen) atoms. The molecule has 0 aliphatic heterocycles. The molecule has 2 aromatic rings. The summed E-state index contributed by atoms with van der Waals surface area (Å²) in [6.45, 7) is 0. The smallest absolute Gasteiger partial charge is 0.125 e. The summed E-state index contributed by atoms with van der Waals surface area (Å²) >= 11 is 5.87. The van der Waals surface area contributed by atoms with Gasteiger partial charge in [-0.25, -0.2) is 4.39 Å². The number of nitrogens with two attached hydrogens (primary N) is 1. The van der Waals surface area contributed by atoms with Crippen LogP contribution in [-0.4, -0.2) is 12.0 Å². The second kappa shape index (κ2) is 3.55. The number of hydrogen-bond acceptors (Lipinski definition) is 3. The van der Waals surface area contributed by atoms with Crippen molar-refractivity contribution in [1.82, 2.24) is 4.98 Å². The van der Waals surface area contributed by atoms with Crippen LogP contribution in [0.25, 0.3) is 10.9 Å². The molecule has 0 unspecified atom stereocenters. The van der Waals surface area contributed by atoms with Crippen LogP contribution in [-0.2, 0) is 0 Å². The standard InChI is InChI=1S/C10H9ClFN3/c1-14-10-6-2-5(12)3-7(11)9(6)15-4-8(10)13/h2-4H,13H2,1H3,(H,14,15). The number of pyridine rings is 1. The minimum atomic E-state index is -0.406. The van der Waals surface area contributed by atoms with Gasteiger partial charge < -0.3 is 11.1 Å². The second-order valence-electron chi connectivity index (χ2n) is 3.12. The molecular formula is C10H9ClFN3. The Bertz CT molecular complexity index is 528. The van der Waals surface area contributed by atoms with Crippen molar-refractivity contribution in [3.63, 3.8) is 0 Å². The predicted octanol–water partition coefficient (Wildman–Crippen LogP) is 2.65. The van der Waals surface area contributed by atoms with Crippen LogP contribution in [0.1, 0.15) is 0 Å². The Hall–Kier alpha value is -1.55. The lowest BCUT2D eigenvalue weighted by atomic mass is 10.1. The van der Waals surface area contributed by atoms with Crippen LogP contribution in [0.2, 0.25) is 5.02 Å². The van der Waals surface area contributed by atoms with Gasteiger partial charge in [-0.15, -0.1) is 0 Å². The average Bonchev–Trinajstić information content (AvgIpc) is 2.17. The van der Waals surface area contributed by atoms with Gasteiger partial charge in [-0.3, -0.25) is 4.98 Å². The molecule has 2 rings (SSSR count). The minimum absolute atomic E-state index is 0.279. The first-order chi connectivity index (χ1) is 7.13. The van der Waals surface area contributed by atoms with Crippen molar-refractivity contribution >= 4 is 33.9 Å². The molecule has 5 heteroatoms. The first kappa shape index (κ1) is 9.98. The monoisotopic (exact) mass is 225 g/mol. The molecule has 3 N–H and O–H groups in total. The molecule has 0 radical (unpaired) electrons. The molecule has 0 fully saturated rings. The number of anilines is 2. The van der Waals surface area contributed by atoms with Gasteiger partial charge in [0.1, 0.15) is 5.82 Å². The Balaban J connectivity index is 2.91. The summed E-state index contributed by atoms with van der Waals surface area (Å²) < 4.78 is 13.2. The van der Waals surface area contributed by atoms with Crippen molar-refractivity contribution in [3.8, 4) is 0 Å². The molecule has 0 aliphatic carbocycles. The van der Waals surface area contributed by atoms with Gasteiger partial charge in [-0.1, -0.05) is 11.6 Å². The largest absolute Gasteiger partial charge is 0.396 e. The summed E-state index contributed by atoms with van der Waals surface area (Å²) in [5.74, 6) is -0.406. The van der Waals surface area contributed by atoms with Gasteiger partial charge in [0, 0.05) is 12.4 Å². The van der Waals surface area contributed by atoms with Crippen LogP contribution in [0.3, 0.4) is 0 Å². The Kier molecular flexibility index (Phi) is 2.36. The molecule has 1 heterocycles. The quantitative estimate of drug-likeness (QED) is 0.785. The first-order valence-corrected chi connectivity index (χ1v) is 4.72. The normalized spacial score (nSPS) is 10.6. The van der Waals surface area contributed by atoms with Crippen molar-refractivity contribution in [2.24, 2.45) is 0 Å². The lowest BCUT2D eigenvalue weighted by Crippen LogP contribution is -1.98. The minimum Gasteiger partial charge on any atom is -0.396 e. The maximum atomic E-state index is 13.2. The Labute approximate surface area is 91.1 Å². The molecule has 1 aromatic carbocycles. The summed E-state index contributed by atoms with van der Waals surface area (Å²) in [6, 6.07) is 2.59. The Morgan fingerprint density at radius 2 is 2.20 bits per heavy atom. The number of aromatic nitrogens is 1. The SMILES string of the molecule is CNc1c(N)cnc2c(Cl)cc(F)cc12.